The number of hydrogen-bond acceptors (Lipinski definition) is 2. The Bertz CT molecular complexity index is 283. The average molecular weight is 256 g/mol. The number of carbonyl (C=O) groups excluding carboxylic acids is 1. The Hall–Kier alpha value is -0.850. The molecule has 0 saturated carbocycles. The van der Waals surface area contributed by atoms with Crippen LogP contribution in [-0.2, 0) is 4.79 Å². The number of amides is 1. The SMILES string of the molecule is CN(C)CC1CCCN1C(=O)C(F)(F)C(F)F. The lowest BCUT2D eigenvalue weighted by molar-refractivity contribution is -0.181. The van der Waals surface area contributed by atoms with Gasteiger partial charge >= 0.3 is 12.3 Å². The minimum Gasteiger partial charge on any atom is -0.333 e. The van der Waals surface area contributed by atoms with Crippen LogP contribution in [0.5, 0.6) is 0 Å². The summed E-state index contributed by atoms with van der Waals surface area (Å²) >= 11 is 0. The molecule has 1 aliphatic rings. The van der Waals surface area contributed by atoms with Crippen LogP contribution in [0.2, 0.25) is 0 Å². The quantitative estimate of drug-likeness (QED) is 0.711. The Morgan fingerprint density at radius 3 is 2.53 bits per heavy atom. The van der Waals surface area contributed by atoms with Crippen molar-refractivity contribution < 1.29 is 22.4 Å². The molecule has 0 aromatic heterocycles. The second kappa shape index (κ2) is 5.20. The molecule has 0 aromatic rings. The highest BCUT2D eigenvalue weighted by molar-refractivity contribution is 5.84. The van der Waals surface area contributed by atoms with Crippen molar-refractivity contribution in [2.75, 3.05) is 27.2 Å². The predicted molar refractivity (Wildman–Crippen MR) is 54.2 cm³/mol. The number of likely N-dealkylation sites (N-methyl/N-ethyl adjacent to an activating group) is 1. The van der Waals surface area contributed by atoms with Crippen LogP contribution in [0.1, 0.15) is 12.8 Å². The van der Waals surface area contributed by atoms with Gasteiger partial charge in [0.1, 0.15) is 0 Å². The molecular formula is C10H16F4N2O. The summed E-state index contributed by atoms with van der Waals surface area (Å²) in [6, 6.07) is -0.401. The van der Waals surface area contributed by atoms with Crippen molar-refractivity contribution in [3.05, 3.63) is 0 Å². The van der Waals surface area contributed by atoms with Crippen molar-refractivity contribution in [1.82, 2.24) is 9.80 Å². The molecule has 0 aliphatic carbocycles. The van der Waals surface area contributed by atoms with Crippen LogP contribution < -0.4 is 0 Å². The molecule has 0 N–H and O–H groups in total. The maximum Gasteiger partial charge on any atom is 0.383 e. The van der Waals surface area contributed by atoms with E-state index in [1.807, 2.05) is 0 Å². The molecule has 0 spiro atoms. The van der Waals surface area contributed by atoms with Crippen LogP contribution in [0.15, 0.2) is 0 Å². The van der Waals surface area contributed by atoms with Gasteiger partial charge in [0.2, 0.25) is 0 Å². The molecule has 1 saturated heterocycles. The summed E-state index contributed by atoms with van der Waals surface area (Å²) in [5.41, 5.74) is 0. The molecule has 0 aromatic carbocycles. The van der Waals surface area contributed by atoms with Crippen molar-refractivity contribution in [2.45, 2.75) is 31.2 Å². The van der Waals surface area contributed by atoms with Gasteiger partial charge in [-0.05, 0) is 26.9 Å². The first-order chi connectivity index (χ1) is 7.76. The minimum atomic E-state index is -4.57. The third-order valence-electron chi connectivity index (χ3n) is 2.77. The third kappa shape index (κ3) is 3.08. The fourth-order valence-corrected chi connectivity index (χ4v) is 2.00. The topological polar surface area (TPSA) is 23.6 Å². The number of rotatable bonds is 4. The zero-order valence-corrected chi connectivity index (χ0v) is 9.80. The normalized spacial score (nSPS) is 21.6. The first kappa shape index (κ1) is 14.2. The van der Waals surface area contributed by atoms with Gasteiger partial charge in [0.15, 0.2) is 0 Å². The molecule has 1 atom stereocenters. The monoisotopic (exact) mass is 256 g/mol. The largest absolute Gasteiger partial charge is 0.383 e. The van der Waals surface area contributed by atoms with Gasteiger partial charge in [-0.15, -0.1) is 0 Å². The smallest absolute Gasteiger partial charge is 0.333 e. The van der Waals surface area contributed by atoms with E-state index in [4.69, 9.17) is 0 Å². The molecule has 1 rings (SSSR count). The van der Waals surface area contributed by atoms with E-state index >= 15 is 0 Å². The number of hydrogen-bond donors (Lipinski definition) is 0. The Morgan fingerprint density at radius 2 is 2.06 bits per heavy atom. The molecule has 7 heteroatoms. The summed E-state index contributed by atoms with van der Waals surface area (Å²) < 4.78 is 50.1. The van der Waals surface area contributed by atoms with E-state index in [0.717, 1.165) is 4.90 Å². The Balaban J connectivity index is 2.74. The summed E-state index contributed by atoms with van der Waals surface area (Å²) in [4.78, 5) is 14.0. The van der Waals surface area contributed by atoms with E-state index < -0.39 is 24.3 Å². The number of likely N-dealkylation sites (tertiary alicyclic amines) is 1. The third-order valence-corrected chi connectivity index (χ3v) is 2.77. The van der Waals surface area contributed by atoms with Crippen molar-refractivity contribution >= 4 is 5.91 Å². The highest BCUT2D eigenvalue weighted by Crippen LogP contribution is 2.29. The molecule has 0 radical (unpaired) electrons. The van der Waals surface area contributed by atoms with E-state index in [-0.39, 0.29) is 6.54 Å². The van der Waals surface area contributed by atoms with Crippen LogP contribution >= 0.6 is 0 Å². The predicted octanol–water partition coefficient (Wildman–Crippen LogP) is 1.44. The van der Waals surface area contributed by atoms with Crippen molar-refractivity contribution in [3.8, 4) is 0 Å². The molecular weight excluding hydrogens is 240 g/mol. The van der Waals surface area contributed by atoms with Crippen LogP contribution in [0.3, 0.4) is 0 Å². The van der Waals surface area contributed by atoms with Crippen molar-refractivity contribution in [3.63, 3.8) is 0 Å². The number of halogens is 4. The highest BCUT2D eigenvalue weighted by Gasteiger charge is 2.52. The molecule has 100 valence electrons. The van der Waals surface area contributed by atoms with Gasteiger partial charge in [-0.1, -0.05) is 0 Å². The van der Waals surface area contributed by atoms with Gasteiger partial charge in [-0.25, -0.2) is 8.78 Å². The summed E-state index contributed by atoms with van der Waals surface area (Å²) in [6.45, 7) is 0.532. The molecule has 1 unspecified atom stereocenters. The lowest BCUT2D eigenvalue weighted by Crippen LogP contribution is -2.51. The van der Waals surface area contributed by atoms with Crippen LogP contribution in [-0.4, -0.2) is 61.3 Å². The molecule has 1 heterocycles. The Morgan fingerprint density at radius 1 is 1.47 bits per heavy atom. The first-order valence-electron chi connectivity index (χ1n) is 5.38. The fraction of sp³-hybridized carbons (Fsp3) is 0.900. The summed E-state index contributed by atoms with van der Waals surface area (Å²) in [5, 5.41) is 0. The summed E-state index contributed by atoms with van der Waals surface area (Å²) in [6.07, 6.45) is -2.80. The van der Waals surface area contributed by atoms with Gasteiger partial charge < -0.3 is 9.80 Å². The second-order valence-electron chi connectivity index (χ2n) is 4.48. The fourth-order valence-electron chi connectivity index (χ4n) is 2.00. The Kier molecular flexibility index (Phi) is 4.35. The van der Waals surface area contributed by atoms with Crippen molar-refractivity contribution in [1.29, 1.82) is 0 Å². The molecule has 1 fully saturated rings. The number of nitrogens with zero attached hydrogens (tertiary/aromatic N) is 2. The van der Waals surface area contributed by atoms with Crippen LogP contribution in [0.4, 0.5) is 17.6 Å². The van der Waals surface area contributed by atoms with Gasteiger partial charge in [0.25, 0.3) is 5.91 Å². The van der Waals surface area contributed by atoms with E-state index in [0.29, 0.717) is 19.4 Å². The molecule has 0 bridgehead atoms. The molecule has 1 aliphatic heterocycles. The average Bonchev–Trinajstić information content (AvgIpc) is 2.63. The zero-order valence-electron chi connectivity index (χ0n) is 9.80. The number of carbonyl (C=O) groups is 1. The molecule has 3 nitrogen and oxygen atoms in total. The maximum atomic E-state index is 12.9. The molecule has 17 heavy (non-hydrogen) atoms. The van der Waals surface area contributed by atoms with E-state index in [2.05, 4.69) is 0 Å². The van der Waals surface area contributed by atoms with Gasteiger partial charge in [-0.2, -0.15) is 8.78 Å². The van der Waals surface area contributed by atoms with Gasteiger partial charge in [0.05, 0.1) is 0 Å². The highest BCUT2D eigenvalue weighted by atomic mass is 19.3. The molecule has 1 amide bonds. The van der Waals surface area contributed by atoms with E-state index in [1.54, 1.807) is 19.0 Å². The standard InChI is InChI=1S/C10H16F4N2O/c1-15(2)6-7-4-3-5-16(7)9(17)10(13,14)8(11)12/h7-8H,3-6H2,1-2H3. The van der Waals surface area contributed by atoms with Gasteiger partial charge in [-0.3, -0.25) is 4.79 Å². The second-order valence-corrected chi connectivity index (χ2v) is 4.48. The first-order valence-corrected chi connectivity index (χ1v) is 5.38. The lowest BCUT2D eigenvalue weighted by atomic mass is 10.2. The maximum absolute atomic E-state index is 12.9. The van der Waals surface area contributed by atoms with Crippen molar-refractivity contribution in [2.24, 2.45) is 0 Å². The lowest BCUT2D eigenvalue weighted by Gasteiger charge is -2.29. The summed E-state index contributed by atoms with van der Waals surface area (Å²) in [5.74, 6) is -6.33. The van der Waals surface area contributed by atoms with E-state index in [9.17, 15) is 22.4 Å². The number of alkyl halides is 4. The van der Waals surface area contributed by atoms with Gasteiger partial charge in [0, 0.05) is 19.1 Å². The summed E-state index contributed by atoms with van der Waals surface area (Å²) in [7, 11) is 3.48. The van der Waals surface area contributed by atoms with Crippen LogP contribution in [0.25, 0.3) is 0 Å². The Labute approximate surface area is 97.4 Å². The zero-order chi connectivity index (χ0) is 13.2. The van der Waals surface area contributed by atoms with Crippen LogP contribution in [0, 0.1) is 0 Å². The minimum absolute atomic E-state index is 0.125. The van der Waals surface area contributed by atoms with E-state index in [1.165, 1.54) is 0 Å².